The smallest absolute Gasteiger partial charge is 0.452 e. The lowest BCUT2D eigenvalue weighted by molar-refractivity contribution is -0.155. The largest absolute Gasteiger partial charge is 0.480 e. The van der Waals surface area contributed by atoms with Gasteiger partial charge < -0.3 is 14.7 Å². The number of aliphatic hydroxyl groups is 1. The zero-order valence-corrected chi connectivity index (χ0v) is 17.5. The van der Waals surface area contributed by atoms with E-state index in [0.29, 0.717) is 23.0 Å². The highest BCUT2D eigenvalue weighted by atomic mass is 32.2. The molecule has 1 fully saturated rings. The fourth-order valence-corrected chi connectivity index (χ4v) is 6.42. The number of nitrogens with zero attached hydrogens (tertiary/aromatic N) is 1. The lowest BCUT2D eigenvalue weighted by Crippen LogP contribution is -2.46. The third-order valence-corrected chi connectivity index (χ3v) is 8.35. The van der Waals surface area contributed by atoms with Gasteiger partial charge in [0, 0.05) is 24.5 Å². The van der Waals surface area contributed by atoms with Gasteiger partial charge in [-0.05, 0) is 17.7 Å². The summed E-state index contributed by atoms with van der Waals surface area (Å²) in [5.74, 6) is -4.48. The number of hydrogen-bond donors (Lipinski definition) is 3. The van der Waals surface area contributed by atoms with Crippen molar-refractivity contribution in [3.05, 3.63) is 59.9 Å². The Hall–Kier alpha value is -2.74. The maximum Gasteiger partial charge on any atom is 0.452 e. The summed E-state index contributed by atoms with van der Waals surface area (Å²) < 4.78 is 70.2. The van der Waals surface area contributed by atoms with Gasteiger partial charge in [-0.3, -0.25) is 4.79 Å². The van der Waals surface area contributed by atoms with Gasteiger partial charge in [0.15, 0.2) is 0 Å². The normalized spacial score (nSPS) is 23.2. The van der Waals surface area contributed by atoms with Crippen LogP contribution >= 0.6 is 11.3 Å². The summed E-state index contributed by atoms with van der Waals surface area (Å²) in [5.41, 5.74) is -1.62. The topological polar surface area (TPSA) is 130 Å². The lowest BCUT2D eigenvalue weighted by atomic mass is 10.1. The first-order chi connectivity index (χ1) is 15.0. The highest BCUT2D eigenvalue weighted by Crippen LogP contribution is 2.58. The maximum atomic E-state index is 13.0. The average molecular weight is 488 g/mol. The van der Waals surface area contributed by atoms with Crippen molar-refractivity contribution in [2.75, 3.05) is 6.61 Å². The Kier molecular flexibility index (Phi) is 5.40. The summed E-state index contributed by atoms with van der Waals surface area (Å²) in [7, 11) is -4.40. The molecule has 1 unspecified atom stereocenters. The molecule has 13 heteroatoms. The number of halogens is 3. The molecule has 0 saturated heterocycles. The summed E-state index contributed by atoms with van der Waals surface area (Å²) in [5, 5.41) is 22.9. The van der Waals surface area contributed by atoms with Crippen LogP contribution in [0.5, 0.6) is 0 Å². The van der Waals surface area contributed by atoms with E-state index in [0.717, 1.165) is 6.07 Å². The molecule has 0 aliphatic heterocycles. The molecule has 32 heavy (non-hydrogen) atoms. The number of alkyl halides is 3. The van der Waals surface area contributed by atoms with Gasteiger partial charge in [0.1, 0.15) is 15.4 Å². The quantitative estimate of drug-likeness (QED) is 0.466. The van der Waals surface area contributed by atoms with Crippen molar-refractivity contribution < 1.29 is 41.1 Å². The minimum Gasteiger partial charge on any atom is -0.480 e. The number of aromatic nitrogens is 1. The lowest BCUT2D eigenvalue weighted by Gasteiger charge is -2.15. The summed E-state index contributed by atoms with van der Waals surface area (Å²) in [6.45, 7) is -0.566. The van der Waals surface area contributed by atoms with Crippen LogP contribution in [0.15, 0.2) is 57.3 Å². The van der Waals surface area contributed by atoms with Gasteiger partial charge in [0.2, 0.25) is 5.76 Å². The van der Waals surface area contributed by atoms with Crippen molar-refractivity contribution >= 4 is 27.3 Å². The van der Waals surface area contributed by atoms with Crippen LogP contribution in [0.3, 0.4) is 0 Å². The molecule has 1 aromatic carbocycles. The Morgan fingerprint density at radius 1 is 1.22 bits per heavy atom. The fourth-order valence-electron chi connectivity index (χ4n) is 3.74. The van der Waals surface area contributed by atoms with Crippen LogP contribution in [0, 0.1) is 5.92 Å². The second-order valence-electron chi connectivity index (χ2n) is 7.15. The Morgan fingerprint density at radius 3 is 2.47 bits per heavy atom. The first kappa shape index (κ1) is 22.5. The number of hydrogen-bond acceptors (Lipinski definition) is 7. The van der Waals surface area contributed by atoms with Crippen LogP contribution in [0.25, 0.3) is 10.6 Å². The van der Waals surface area contributed by atoms with Crippen LogP contribution < -0.4 is 4.72 Å². The third kappa shape index (κ3) is 3.70. The molecule has 1 aliphatic rings. The van der Waals surface area contributed by atoms with Gasteiger partial charge in [0.05, 0.1) is 4.88 Å². The average Bonchev–Trinajstić information content (AvgIpc) is 3.13. The minimum absolute atomic E-state index is 0.0862. The molecule has 0 radical (unpaired) electrons. The van der Waals surface area contributed by atoms with Crippen LogP contribution in [-0.2, 0) is 21.0 Å². The highest BCUT2D eigenvalue weighted by Gasteiger charge is 2.72. The molecule has 8 nitrogen and oxygen atoms in total. The second kappa shape index (κ2) is 7.69. The molecule has 0 amide bonds. The monoisotopic (exact) mass is 488 g/mol. The van der Waals surface area contributed by atoms with Crippen molar-refractivity contribution in [1.29, 1.82) is 0 Å². The Morgan fingerprint density at radius 2 is 1.91 bits per heavy atom. The van der Waals surface area contributed by atoms with Crippen molar-refractivity contribution in [2.24, 2.45) is 5.92 Å². The SMILES string of the molecule is O=C(O)C1(NS(=O)(=O)c2ccc(-c3cc(C(F)(F)F)on3)s2)[C@H](CO)[C@@H]1c1ccccc1. The van der Waals surface area contributed by atoms with E-state index in [4.69, 9.17) is 0 Å². The summed E-state index contributed by atoms with van der Waals surface area (Å²) >= 11 is 0.607. The van der Waals surface area contributed by atoms with Crippen LogP contribution in [0.2, 0.25) is 0 Å². The first-order valence-electron chi connectivity index (χ1n) is 9.08. The number of benzene rings is 1. The molecular weight excluding hydrogens is 473 g/mol. The van der Waals surface area contributed by atoms with Crippen LogP contribution in [-0.4, -0.2) is 41.9 Å². The zero-order chi connectivity index (χ0) is 23.3. The van der Waals surface area contributed by atoms with E-state index in [9.17, 15) is 36.6 Å². The van der Waals surface area contributed by atoms with Crippen molar-refractivity contribution in [2.45, 2.75) is 21.8 Å². The van der Waals surface area contributed by atoms with E-state index in [1.165, 1.54) is 6.07 Å². The first-order valence-corrected chi connectivity index (χ1v) is 11.4. The summed E-state index contributed by atoms with van der Waals surface area (Å²) in [6, 6.07) is 11.3. The van der Waals surface area contributed by atoms with Crippen LogP contribution in [0.4, 0.5) is 13.2 Å². The van der Waals surface area contributed by atoms with Crippen molar-refractivity contribution in [3.8, 4) is 10.6 Å². The molecule has 3 aromatic rings. The Balaban J connectivity index is 1.64. The number of rotatable bonds is 7. The minimum atomic E-state index is -4.75. The highest BCUT2D eigenvalue weighted by molar-refractivity contribution is 7.91. The predicted octanol–water partition coefficient (Wildman–Crippen LogP) is 2.93. The maximum absolute atomic E-state index is 13.0. The van der Waals surface area contributed by atoms with E-state index in [1.54, 1.807) is 30.3 Å². The molecular formula is C19H15F3N2O6S2. The predicted molar refractivity (Wildman–Crippen MR) is 105 cm³/mol. The molecule has 0 bridgehead atoms. The molecule has 170 valence electrons. The number of carbonyl (C=O) groups is 1. The van der Waals surface area contributed by atoms with Gasteiger partial charge in [0.25, 0.3) is 10.0 Å². The van der Waals surface area contributed by atoms with E-state index in [1.807, 2.05) is 0 Å². The van der Waals surface area contributed by atoms with Gasteiger partial charge in [-0.25, -0.2) is 8.42 Å². The Bertz CT molecular complexity index is 1260. The number of nitrogens with one attached hydrogen (secondary N) is 1. The number of carboxylic acid groups (broad SMARTS) is 1. The number of aliphatic carboxylic acids is 1. The van der Waals surface area contributed by atoms with Gasteiger partial charge in [-0.15, -0.1) is 11.3 Å². The standard InChI is InChI=1S/C19H15F3N2O6S2/c20-19(21,22)14-8-12(23-30-14)13-6-7-15(31-13)32(28,29)24-18(17(26)27)11(9-25)16(18)10-4-2-1-3-5-10/h1-8,11,16,24-25H,9H2,(H,26,27)/t11-,16+,18?/m1/s1. The van der Waals surface area contributed by atoms with Gasteiger partial charge in [-0.1, -0.05) is 35.5 Å². The fraction of sp³-hybridized carbons (Fsp3) is 0.263. The molecule has 0 spiro atoms. The number of aliphatic hydroxyl groups excluding tert-OH is 1. The van der Waals surface area contributed by atoms with Crippen molar-refractivity contribution in [1.82, 2.24) is 9.88 Å². The Labute approximate surface area is 183 Å². The molecule has 3 N–H and O–H groups in total. The van der Waals surface area contributed by atoms with Crippen LogP contribution in [0.1, 0.15) is 17.2 Å². The van der Waals surface area contributed by atoms with Gasteiger partial charge >= 0.3 is 12.1 Å². The molecule has 3 atom stereocenters. The molecule has 1 aliphatic carbocycles. The molecule has 4 rings (SSSR count). The molecule has 2 aromatic heterocycles. The number of carboxylic acids is 1. The zero-order valence-electron chi connectivity index (χ0n) is 15.9. The van der Waals surface area contributed by atoms with Crippen molar-refractivity contribution in [3.63, 3.8) is 0 Å². The van der Waals surface area contributed by atoms with E-state index >= 15 is 0 Å². The summed E-state index contributed by atoms with van der Waals surface area (Å²) in [6.07, 6.45) is -4.75. The summed E-state index contributed by atoms with van der Waals surface area (Å²) in [4.78, 5) is 12.2. The second-order valence-corrected chi connectivity index (χ2v) is 10.1. The van der Waals surface area contributed by atoms with E-state index < -0.39 is 51.9 Å². The third-order valence-electron chi connectivity index (χ3n) is 5.27. The van der Waals surface area contributed by atoms with E-state index in [-0.39, 0.29) is 14.8 Å². The number of thiophene rings is 1. The van der Waals surface area contributed by atoms with E-state index in [2.05, 4.69) is 14.4 Å². The molecule has 2 heterocycles. The molecule has 1 saturated carbocycles. The number of sulfonamides is 1. The van der Waals surface area contributed by atoms with Gasteiger partial charge in [-0.2, -0.15) is 17.9 Å².